The van der Waals surface area contributed by atoms with E-state index in [1.807, 2.05) is 0 Å². The van der Waals surface area contributed by atoms with Crippen LogP contribution < -0.4 is 4.90 Å². The molecule has 0 bridgehead atoms. The molecule has 0 saturated carbocycles. The highest BCUT2D eigenvalue weighted by Gasteiger charge is 2.40. The molecule has 1 fully saturated rings. The molecule has 1 atom stereocenters. The van der Waals surface area contributed by atoms with Crippen molar-refractivity contribution in [1.82, 2.24) is 24.7 Å². The Morgan fingerprint density at radius 1 is 1.25 bits per heavy atom. The Morgan fingerprint density at radius 2 is 2.09 bits per heavy atom. The summed E-state index contributed by atoms with van der Waals surface area (Å²) in [6.45, 7) is 3.12. The van der Waals surface area contributed by atoms with Crippen molar-refractivity contribution < 1.29 is 22.7 Å². The summed E-state index contributed by atoms with van der Waals surface area (Å²) in [4.78, 5) is 25.1. The molecular weight excluding hydrogens is 445 g/mol. The highest BCUT2D eigenvalue weighted by molar-refractivity contribution is 7.18. The van der Waals surface area contributed by atoms with E-state index in [0.29, 0.717) is 31.2 Å². The van der Waals surface area contributed by atoms with Crippen molar-refractivity contribution in [3.05, 3.63) is 28.3 Å². The number of esters is 1. The van der Waals surface area contributed by atoms with E-state index < -0.39 is 12.0 Å². The van der Waals surface area contributed by atoms with Crippen LogP contribution in [-0.4, -0.2) is 50.4 Å². The second-order valence-electron chi connectivity index (χ2n) is 8.01. The molecule has 3 aromatic heterocycles. The van der Waals surface area contributed by atoms with E-state index in [1.165, 1.54) is 4.88 Å². The van der Waals surface area contributed by atoms with Crippen LogP contribution in [0.25, 0.3) is 10.2 Å². The number of hydrogen-bond donors (Lipinski definition) is 0. The minimum atomic E-state index is -4.53. The summed E-state index contributed by atoms with van der Waals surface area (Å²) in [5.74, 6) is -0.626. The molecule has 1 unspecified atom stereocenters. The van der Waals surface area contributed by atoms with Gasteiger partial charge in [0.15, 0.2) is 0 Å². The third kappa shape index (κ3) is 3.80. The van der Waals surface area contributed by atoms with Gasteiger partial charge in [-0.3, -0.25) is 4.79 Å². The van der Waals surface area contributed by atoms with Crippen LogP contribution in [0.15, 0.2) is 6.07 Å². The fraction of sp³-hybridized carbons (Fsp3) is 0.550. The van der Waals surface area contributed by atoms with E-state index in [4.69, 9.17) is 14.7 Å². The number of alkyl halides is 3. The SMILES string of the molecule is CCCc1cc2c(C3CCn4c(nnc4C(F)(F)F)C3)nc(N3CCOC(=O)C3)nc2s1. The van der Waals surface area contributed by atoms with E-state index in [-0.39, 0.29) is 31.6 Å². The minimum absolute atomic E-state index is 0.0755. The Morgan fingerprint density at radius 3 is 2.84 bits per heavy atom. The standard InChI is InChI=1S/C20H21F3N6O2S/c1-2-3-12-9-13-16(11-4-5-29-14(8-11)26-27-18(29)20(21,22)23)24-19(25-17(13)32-12)28-6-7-31-15(30)10-28/h9,11H,2-8,10H2,1H3. The Balaban J connectivity index is 1.54. The van der Waals surface area contributed by atoms with Gasteiger partial charge < -0.3 is 14.2 Å². The maximum Gasteiger partial charge on any atom is 0.451 e. The summed E-state index contributed by atoms with van der Waals surface area (Å²) in [5, 5.41) is 8.13. The minimum Gasteiger partial charge on any atom is -0.462 e. The Kier molecular flexibility index (Phi) is 5.26. The lowest BCUT2D eigenvalue weighted by Gasteiger charge is -2.28. The molecular formula is C20H21F3N6O2S. The van der Waals surface area contributed by atoms with E-state index in [9.17, 15) is 18.0 Å². The number of nitrogens with zero attached hydrogens (tertiary/aromatic N) is 6. The van der Waals surface area contributed by atoms with Crippen LogP contribution in [0, 0.1) is 0 Å². The van der Waals surface area contributed by atoms with Crippen LogP contribution in [0.2, 0.25) is 0 Å². The van der Waals surface area contributed by atoms with Gasteiger partial charge in [0.1, 0.15) is 23.8 Å². The van der Waals surface area contributed by atoms with Crippen molar-refractivity contribution in [3.63, 3.8) is 0 Å². The number of carbonyl (C=O) groups is 1. The molecule has 0 N–H and O–H groups in total. The molecule has 8 nitrogen and oxygen atoms in total. The van der Waals surface area contributed by atoms with E-state index in [1.54, 1.807) is 16.2 Å². The van der Waals surface area contributed by atoms with Gasteiger partial charge in [-0.1, -0.05) is 13.3 Å². The van der Waals surface area contributed by atoms with Gasteiger partial charge in [0.05, 0.1) is 12.2 Å². The van der Waals surface area contributed by atoms with Crippen molar-refractivity contribution >= 4 is 33.5 Å². The number of aryl methyl sites for hydroxylation is 1. The summed E-state index contributed by atoms with van der Waals surface area (Å²) < 4.78 is 45.8. The van der Waals surface area contributed by atoms with Crippen molar-refractivity contribution in [2.24, 2.45) is 0 Å². The maximum atomic E-state index is 13.2. The number of halogens is 3. The zero-order valence-electron chi connectivity index (χ0n) is 17.4. The van der Waals surface area contributed by atoms with E-state index >= 15 is 0 Å². The molecule has 5 heterocycles. The van der Waals surface area contributed by atoms with Crippen LogP contribution in [0.4, 0.5) is 19.1 Å². The molecule has 1 saturated heterocycles. The fourth-order valence-electron chi connectivity index (χ4n) is 4.30. The number of rotatable bonds is 4. The average molecular weight is 466 g/mol. The number of hydrogen-bond acceptors (Lipinski definition) is 8. The lowest BCUT2D eigenvalue weighted by molar-refractivity contribution is -0.148. The van der Waals surface area contributed by atoms with Crippen LogP contribution in [0.1, 0.15) is 47.9 Å². The number of carbonyl (C=O) groups excluding carboxylic acids is 1. The van der Waals surface area contributed by atoms with Crippen LogP contribution in [-0.2, 0) is 35.1 Å². The predicted octanol–water partition coefficient (Wildman–Crippen LogP) is 3.35. The van der Waals surface area contributed by atoms with Crippen molar-refractivity contribution in [2.45, 2.75) is 51.2 Å². The first-order chi connectivity index (χ1) is 15.3. The van der Waals surface area contributed by atoms with Gasteiger partial charge in [0.2, 0.25) is 11.8 Å². The molecule has 0 aliphatic carbocycles. The number of aromatic nitrogens is 5. The van der Waals surface area contributed by atoms with Crippen molar-refractivity contribution in [2.75, 3.05) is 24.6 Å². The van der Waals surface area contributed by atoms with Crippen LogP contribution in [0.3, 0.4) is 0 Å². The summed E-state index contributed by atoms with van der Waals surface area (Å²) in [5.41, 5.74) is 0.797. The number of fused-ring (bicyclic) bond motifs is 2. The highest BCUT2D eigenvalue weighted by atomic mass is 32.1. The Labute approximate surface area is 185 Å². The van der Waals surface area contributed by atoms with E-state index in [2.05, 4.69) is 23.2 Å². The third-order valence-electron chi connectivity index (χ3n) is 5.78. The second-order valence-corrected chi connectivity index (χ2v) is 9.13. The lowest BCUT2D eigenvalue weighted by atomic mass is 9.92. The topological polar surface area (TPSA) is 86.0 Å². The zero-order chi connectivity index (χ0) is 22.5. The third-order valence-corrected chi connectivity index (χ3v) is 6.87. The van der Waals surface area contributed by atoms with E-state index in [0.717, 1.165) is 33.3 Å². The summed E-state index contributed by atoms with van der Waals surface area (Å²) >= 11 is 1.60. The zero-order valence-corrected chi connectivity index (χ0v) is 18.2. The summed E-state index contributed by atoms with van der Waals surface area (Å²) in [7, 11) is 0. The molecule has 0 aromatic carbocycles. The molecule has 0 amide bonds. The molecule has 0 spiro atoms. The van der Waals surface area contributed by atoms with Gasteiger partial charge in [-0.2, -0.15) is 13.2 Å². The Bertz CT molecular complexity index is 1170. The summed E-state index contributed by atoms with van der Waals surface area (Å²) in [6.07, 6.45) is -1.82. The van der Waals surface area contributed by atoms with Crippen LogP contribution >= 0.6 is 11.3 Å². The average Bonchev–Trinajstić information content (AvgIpc) is 3.36. The number of cyclic esters (lactones) is 1. The quantitative estimate of drug-likeness (QED) is 0.545. The number of anilines is 1. The monoisotopic (exact) mass is 466 g/mol. The number of morpholine rings is 1. The molecule has 3 aromatic rings. The molecule has 170 valence electrons. The largest absolute Gasteiger partial charge is 0.462 e. The van der Waals surface area contributed by atoms with Gasteiger partial charge in [-0.25, -0.2) is 9.97 Å². The van der Waals surface area contributed by atoms with Gasteiger partial charge in [0.25, 0.3) is 0 Å². The lowest BCUT2D eigenvalue weighted by Crippen LogP contribution is -2.40. The first-order valence-electron chi connectivity index (χ1n) is 10.5. The fourth-order valence-corrected chi connectivity index (χ4v) is 5.43. The molecule has 0 radical (unpaired) electrons. The van der Waals surface area contributed by atoms with Crippen LogP contribution in [0.5, 0.6) is 0 Å². The molecule has 12 heteroatoms. The first-order valence-corrected chi connectivity index (χ1v) is 11.4. The molecule has 2 aliphatic heterocycles. The van der Waals surface area contributed by atoms with Gasteiger partial charge in [-0.05, 0) is 18.9 Å². The molecule has 5 rings (SSSR count). The summed E-state index contributed by atoms with van der Waals surface area (Å²) in [6, 6.07) is 2.09. The number of thiophene rings is 1. The van der Waals surface area contributed by atoms with Crippen molar-refractivity contribution in [3.8, 4) is 0 Å². The van der Waals surface area contributed by atoms with Gasteiger partial charge in [0, 0.05) is 29.1 Å². The first kappa shape index (κ1) is 21.1. The molecule has 32 heavy (non-hydrogen) atoms. The predicted molar refractivity (Wildman–Crippen MR) is 111 cm³/mol. The number of ether oxygens (including phenoxy) is 1. The second kappa shape index (κ2) is 7.98. The molecule has 2 aliphatic rings. The highest BCUT2D eigenvalue weighted by Crippen LogP contribution is 2.38. The van der Waals surface area contributed by atoms with Crippen molar-refractivity contribution in [1.29, 1.82) is 0 Å². The Hall–Kier alpha value is -2.76. The van der Waals surface area contributed by atoms with Gasteiger partial charge in [-0.15, -0.1) is 21.5 Å². The maximum absolute atomic E-state index is 13.2. The smallest absolute Gasteiger partial charge is 0.451 e. The normalized spacial score (nSPS) is 19.3. The van der Waals surface area contributed by atoms with Gasteiger partial charge >= 0.3 is 12.1 Å².